The van der Waals surface area contributed by atoms with Crippen LogP contribution in [0.1, 0.15) is 41.5 Å². The van der Waals surface area contributed by atoms with Gasteiger partial charge < -0.3 is 0 Å². The summed E-state index contributed by atoms with van der Waals surface area (Å²) in [7, 11) is 0. The average molecular weight is 333 g/mol. The highest BCUT2D eigenvalue weighted by Gasteiger charge is 2.29. The van der Waals surface area contributed by atoms with Crippen LogP contribution in [0.3, 0.4) is 0 Å². The number of carbonyl (C=O) groups is 2. The lowest BCUT2D eigenvalue weighted by Gasteiger charge is -2.35. The molecule has 0 saturated heterocycles. The summed E-state index contributed by atoms with van der Waals surface area (Å²) in [4.78, 5) is 25.0. The average Bonchev–Trinajstić information content (AvgIpc) is 2.52. The molecule has 0 aliphatic carbocycles. The molecule has 0 fully saturated rings. The van der Waals surface area contributed by atoms with E-state index in [-0.39, 0.29) is 5.91 Å². The third-order valence-electron chi connectivity index (χ3n) is 3.02. The number of hydrazine groups is 1. The van der Waals surface area contributed by atoms with Crippen LogP contribution in [0.5, 0.6) is 0 Å². The van der Waals surface area contributed by atoms with Gasteiger partial charge in [-0.1, -0.05) is 11.6 Å². The lowest BCUT2D eigenvalue weighted by atomic mass is 10.1. The Kier molecular flexibility index (Phi) is 4.95. The molecule has 0 unspecified atom stereocenters. The Morgan fingerprint density at radius 2 is 1.70 bits per heavy atom. The fourth-order valence-electron chi connectivity index (χ4n) is 1.84. The van der Waals surface area contributed by atoms with Crippen LogP contribution in [-0.2, 0) is 0 Å². The summed E-state index contributed by atoms with van der Waals surface area (Å²) in [6.07, 6.45) is 2.78. The van der Waals surface area contributed by atoms with Crippen molar-refractivity contribution in [3.8, 4) is 0 Å². The Balaban J connectivity index is 2.24. The number of nitrogens with zero attached hydrogens (tertiary/aromatic N) is 3. The summed E-state index contributed by atoms with van der Waals surface area (Å²) in [5.74, 6) is -0.762. The van der Waals surface area contributed by atoms with Crippen molar-refractivity contribution in [1.82, 2.24) is 20.6 Å². The number of hydrogen-bond acceptors (Lipinski definition) is 4. The number of benzene rings is 1. The number of nitrogens with one attached hydrogen (secondary N) is 1. The van der Waals surface area contributed by atoms with Crippen molar-refractivity contribution in [3.63, 3.8) is 0 Å². The molecule has 2 rings (SSSR count). The minimum Gasteiger partial charge on any atom is -0.267 e. The number of halogens is 1. The van der Waals surface area contributed by atoms with Gasteiger partial charge >= 0.3 is 0 Å². The van der Waals surface area contributed by atoms with Gasteiger partial charge in [0.05, 0.1) is 23.5 Å². The Morgan fingerprint density at radius 3 is 2.22 bits per heavy atom. The highest BCUT2D eigenvalue weighted by molar-refractivity contribution is 6.30. The third kappa shape index (κ3) is 4.26. The van der Waals surface area contributed by atoms with Crippen molar-refractivity contribution in [2.75, 3.05) is 0 Å². The second-order valence-electron chi connectivity index (χ2n) is 5.89. The van der Waals surface area contributed by atoms with E-state index in [4.69, 9.17) is 11.6 Å². The predicted molar refractivity (Wildman–Crippen MR) is 86.9 cm³/mol. The summed E-state index contributed by atoms with van der Waals surface area (Å²) < 4.78 is 0. The van der Waals surface area contributed by atoms with Gasteiger partial charge in [0.15, 0.2) is 0 Å². The maximum Gasteiger partial charge on any atom is 0.274 e. The second kappa shape index (κ2) is 6.75. The molecule has 0 atom stereocenters. The molecule has 1 heterocycles. The van der Waals surface area contributed by atoms with Gasteiger partial charge in [-0.25, -0.2) is 5.01 Å². The number of amides is 2. The summed E-state index contributed by atoms with van der Waals surface area (Å²) in [5.41, 5.74) is 2.77. The van der Waals surface area contributed by atoms with E-state index in [9.17, 15) is 9.59 Å². The molecule has 0 aliphatic heterocycles. The topological polar surface area (TPSA) is 75.2 Å². The highest BCUT2D eigenvalue weighted by Crippen LogP contribution is 2.16. The van der Waals surface area contributed by atoms with Gasteiger partial charge in [0, 0.05) is 10.6 Å². The molecule has 0 saturated carbocycles. The van der Waals surface area contributed by atoms with E-state index in [1.54, 1.807) is 30.3 Å². The molecule has 0 bridgehead atoms. The van der Waals surface area contributed by atoms with Gasteiger partial charge in [0.1, 0.15) is 0 Å². The smallest absolute Gasteiger partial charge is 0.267 e. The molecule has 1 aromatic carbocycles. The Hall–Kier alpha value is -2.47. The van der Waals surface area contributed by atoms with Gasteiger partial charge in [0.2, 0.25) is 0 Å². The van der Waals surface area contributed by atoms with E-state index in [0.717, 1.165) is 0 Å². The lowest BCUT2D eigenvalue weighted by Crippen LogP contribution is -2.55. The van der Waals surface area contributed by atoms with Gasteiger partial charge in [-0.05, 0) is 51.1 Å². The largest absolute Gasteiger partial charge is 0.274 e. The first kappa shape index (κ1) is 16.9. The van der Waals surface area contributed by atoms with Crippen LogP contribution >= 0.6 is 11.6 Å². The first-order valence-electron chi connectivity index (χ1n) is 6.97. The van der Waals surface area contributed by atoms with Gasteiger partial charge in [-0.3, -0.25) is 15.0 Å². The maximum atomic E-state index is 12.6. The van der Waals surface area contributed by atoms with E-state index < -0.39 is 11.4 Å². The number of carbonyl (C=O) groups excluding carboxylic acids is 2. The molecule has 0 spiro atoms. The fraction of sp³-hybridized carbons (Fsp3) is 0.250. The third-order valence-corrected chi connectivity index (χ3v) is 3.28. The molecule has 0 radical (unpaired) electrons. The molecule has 23 heavy (non-hydrogen) atoms. The van der Waals surface area contributed by atoms with E-state index >= 15 is 0 Å². The summed E-state index contributed by atoms with van der Waals surface area (Å²) >= 11 is 5.82. The van der Waals surface area contributed by atoms with Crippen molar-refractivity contribution in [1.29, 1.82) is 0 Å². The number of aromatic nitrogens is 2. The van der Waals surface area contributed by atoms with Crippen LogP contribution in [0.4, 0.5) is 0 Å². The molecule has 120 valence electrons. The molecule has 0 aliphatic rings. The number of rotatable bonds is 2. The first-order chi connectivity index (χ1) is 10.8. The molecule has 1 N–H and O–H groups in total. The SMILES string of the molecule is CC(C)(C)N(NC(=O)c1ccc(Cl)cc1)C(=O)c1ccnnc1. The molecular weight excluding hydrogens is 316 g/mol. The van der Waals surface area contributed by atoms with Crippen LogP contribution in [-0.4, -0.2) is 32.6 Å². The van der Waals surface area contributed by atoms with Crippen LogP contribution in [0.25, 0.3) is 0 Å². The zero-order chi connectivity index (χ0) is 17.0. The van der Waals surface area contributed by atoms with E-state index in [1.165, 1.54) is 17.4 Å². The first-order valence-corrected chi connectivity index (χ1v) is 7.34. The molecule has 7 heteroatoms. The Labute approximate surface area is 139 Å². The standard InChI is InChI=1S/C16H17ClN4O2/c1-16(2,3)21(15(23)12-8-9-18-19-10-12)20-14(22)11-4-6-13(17)7-5-11/h4-10H,1-3H3,(H,20,22). The molecule has 2 aromatic rings. The fourth-order valence-corrected chi connectivity index (χ4v) is 1.96. The van der Waals surface area contributed by atoms with Gasteiger partial charge in [-0.2, -0.15) is 10.2 Å². The summed E-state index contributed by atoms with van der Waals surface area (Å²) in [6.45, 7) is 5.46. The molecular formula is C16H17ClN4O2. The molecule has 6 nitrogen and oxygen atoms in total. The quantitative estimate of drug-likeness (QED) is 0.858. The van der Waals surface area contributed by atoms with Crippen molar-refractivity contribution < 1.29 is 9.59 Å². The van der Waals surface area contributed by atoms with E-state index in [2.05, 4.69) is 15.6 Å². The second-order valence-corrected chi connectivity index (χ2v) is 6.33. The van der Waals surface area contributed by atoms with Crippen molar-refractivity contribution >= 4 is 23.4 Å². The van der Waals surface area contributed by atoms with E-state index in [0.29, 0.717) is 16.1 Å². The minimum atomic E-state index is -0.623. The molecule has 2 amide bonds. The normalized spacial score (nSPS) is 11.0. The van der Waals surface area contributed by atoms with Crippen LogP contribution < -0.4 is 5.43 Å². The Bertz CT molecular complexity index is 696. The maximum absolute atomic E-state index is 12.6. The predicted octanol–water partition coefficient (Wildman–Crippen LogP) is 2.72. The van der Waals surface area contributed by atoms with Crippen LogP contribution in [0.15, 0.2) is 42.7 Å². The highest BCUT2D eigenvalue weighted by atomic mass is 35.5. The zero-order valence-electron chi connectivity index (χ0n) is 13.1. The van der Waals surface area contributed by atoms with Gasteiger partial charge in [-0.15, -0.1) is 0 Å². The van der Waals surface area contributed by atoms with Crippen LogP contribution in [0.2, 0.25) is 5.02 Å². The van der Waals surface area contributed by atoms with E-state index in [1.807, 2.05) is 20.8 Å². The van der Waals surface area contributed by atoms with Crippen molar-refractivity contribution in [2.45, 2.75) is 26.3 Å². The van der Waals surface area contributed by atoms with Gasteiger partial charge in [0.25, 0.3) is 11.8 Å². The summed E-state index contributed by atoms with van der Waals surface area (Å²) in [6, 6.07) is 7.97. The zero-order valence-corrected chi connectivity index (χ0v) is 13.8. The summed E-state index contributed by atoms with van der Waals surface area (Å²) in [5, 5.41) is 9.15. The van der Waals surface area contributed by atoms with Crippen LogP contribution in [0, 0.1) is 0 Å². The monoisotopic (exact) mass is 332 g/mol. The Morgan fingerprint density at radius 1 is 1.04 bits per heavy atom. The van der Waals surface area contributed by atoms with Crippen molar-refractivity contribution in [2.24, 2.45) is 0 Å². The van der Waals surface area contributed by atoms with Crippen molar-refractivity contribution in [3.05, 3.63) is 58.9 Å². The number of hydrogen-bond donors (Lipinski definition) is 1. The lowest BCUT2D eigenvalue weighted by molar-refractivity contribution is 0.0358. The molecule has 1 aromatic heterocycles. The minimum absolute atomic E-state index is 0.339.